The van der Waals surface area contributed by atoms with Gasteiger partial charge in [0.2, 0.25) is 5.91 Å². The van der Waals surface area contributed by atoms with Crippen molar-refractivity contribution >= 4 is 44.8 Å². The minimum Gasteiger partial charge on any atom is -0.495 e. The molecule has 0 heterocycles. The SMILES string of the molecule is COc1ccc(NC(=O)CCNc2ccccc2Br)cc1Cl. The largest absolute Gasteiger partial charge is 0.495 e. The van der Waals surface area contributed by atoms with E-state index in [-0.39, 0.29) is 5.91 Å². The molecular formula is C16H16BrClN2O2. The van der Waals surface area contributed by atoms with E-state index >= 15 is 0 Å². The summed E-state index contributed by atoms with van der Waals surface area (Å²) in [6.45, 7) is 0.540. The first kappa shape index (κ1) is 16.6. The summed E-state index contributed by atoms with van der Waals surface area (Å²) in [5.74, 6) is 0.496. The average molecular weight is 384 g/mol. The Morgan fingerprint density at radius 3 is 2.73 bits per heavy atom. The number of benzene rings is 2. The number of amides is 1. The summed E-state index contributed by atoms with van der Waals surface area (Å²) < 4.78 is 6.04. The smallest absolute Gasteiger partial charge is 0.226 e. The van der Waals surface area contributed by atoms with E-state index in [1.54, 1.807) is 25.3 Å². The molecule has 0 saturated heterocycles. The maximum atomic E-state index is 11.9. The van der Waals surface area contributed by atoms with Crippen LogP contribution in [0.1, 0.15) is 6.42 Å². The summed E-state index contributed by atoms with van der Waals surface area (Å²) in [6.07, 6.45) is 0.352. The molecule has 2 rings (SSSR count). The highest BCUT2D eigenvalue weighted by Gasteiger charge is 2.06. The third kappa shape index (κ3) is 4.64. The van der Waals surface area contributed by atoms with Gasteiger partial charge in [0, 0.05) is 28.8 Å². The number of nitrogens with one attached hydrogen (secondary N) is 2. The van der Waals surface area contributed by atoms with Crippen LogP contribution in [0, 0.1) is 0 Å². The third-order valence-electron chi connectivity index (χ3n) is 2.98. The molecule has 0 aliphatic heterocycles. The van der Waals surface area contributed by atoms with Gasteiger partial charge in [0.25, 0.3) is 0 Å². The Kier molecular flexibility index (Phi) is 6.10. The predicted octanol–water partition coefficient (Wildman–Crippen LogP) is 4.55. The highest BCUT2D eigenvalue weighted by atomic mass is 79.9. The molecule has 1 amide bonds. The Labute approximate surface area is 142 Å². The maximum Gasteiger partial charge on any atom is 0.226 e. The number of halogens is 2. The zero-order valence-corrected chi connectivity index (χ0v) is 14.4. The molecule has 0 fully saturated rings. The molecule has 2 N–H and O–H groups in total. The van der Waals surface area contributed by atoms with E-state index in [9.17, 15) is 4.79 Å². The van der Waals surface area contributed by atoms with Gasteiger partial charge >= 0.3 is 0 Å². The Morgan fingerprint density at radius 1 is 1.27 bits per heavy atom. The zero-order chi connectivity index (χ0) is 15.9. The lowest BCUT2D eigenvalue weighted by atomic mass is 10.2. The van der Waals surface area contributed by atoms with Crippen molar-refractivity contribution in [3.63, 3.8) is 0 Å². The summed E-state index contributed by atoms with van der Waals surface area (Å²) >= 11 is 9.47. The number of carbonyl (C=O) groups excluding carboxylic acids is 1. The van der Waals surface area contributed by atoms with Gasteiger partial charge in [-0.25, -0.2) is 0 Å². The van der Waals surface area contributed by atoms with Crippen molar-refractivity contribution in [2.24, 2.45) is 0 Å². The zero-order valence-electron chi connectivity index (χ0n) is 12.0. The van der Waals surface area contributed by atoms with Crippen molar-refractivity contribution < 1.29 is 9.53 Å². The highest BCUT2D eigenvalue weighted by molar-refractivity contribution is 9.10. The molecule has 0 aliphatic rings. The molecule has 6 heteroatoms. The number of methoxy groups -OCH3 is 1. The van der Waals surface area contributed by atoms with Gasteiger partial charge in [-0.2, -0.15) is 0 Å². The van der Waals surface area contributed by atoms with Gasteiger partial charge in [-0.1, -0.05) is 23.7 Å². The van der Waals surface area contributed by atoms with E-state index < -0.39 is 0 Å². The fraction of sp³-hybridized carbons (Fsp3) is 0.188. The molecule has 2 aromatic rings. The number of hydrogen-bond acceptors (Lipinski definition) is 3. The Balaban J connectivity index is 1.83. The fourth-order valence-electron chi connectivity index (χ4n) is 1.88. The fourth-order valence-corrected chi connectivity index (χ4v) is 2.57. The van der Waals surface area contributed by atoms with Gasteiger partial charge in [-0.15, -0.1) is 0 Å². The van der Waals surface area contributed by atoms with Crippen LogP contribution in [0.3, 0.4) is 0 Å². The summed E-state index contributed by atoms with van der Waals surface area (Å²) in [7, 11) is 1.55. The van der Waals surface area contributed by atoms with Crippen LogP contribution in [0.15, 0.2) is 46.9 Å². The molecule has 116 valence electrons. The van der Waals surface area contributed by atoms with Crippen LogP contribution < -0.4 is 15.4 Å². The van der Waals surface area contributed by atoms with E-state index in [2.05, 4.69) is 26.6 Å². The summed E-state index contributed by atoms with van der Waals surface area (Å²) in [5.41, 5.74) is 1.61. The molecule has 2 aromatic carbocycles. The highest BCUT2D eigenvalue weighted by Crippen LogP contribution is 2.27. The number of anilines is 2. The van der Waals surface area contributed by atoms with Crippen molar-refractivity contribution in [1.82, 2.24) is 0 Å². The van der Waals surface area contributed by atoms with Gasteiger partial charge in [0.15, 0.2) is 0 Å². The van der Waals surface area contributed by atoms with Crippen LogP contribution in [0.5, 0.6) is 5.75 Å². The van der Waals surface area contributed by atoms with E-state index in [0.29, 0.717) is 29.4 Å². The van der Waals surface area contributed by atoms with Crippen LogP contribution in [-0.2, 0) is 4.79 Å². The van der Waals surface area contributed by atoms with E-state index in [1.165, 1.54) is 0 Å². The second-order valence-electron chi connectivity index (χ2n) is 4.55. The monoisotopic (exact) mass is 382 g/mol. The molecule has 0 spiro atoms. The minimum atomic E-state index is -0.0826. The van der Waals surface area contributed by atoms with E-state index in [4.69, 9.17) is 16.3 Å². The maximum absolute atomic E-state index is 11.9. The van der Waals surface area contributed by atoms with Crippen LogP contribution >= 0.6 is 27.5 Å². The number of para-hydroxylation sites is 1. The summed E-state index contributed by atoms with van der Waals surface area (Å²) in [6, 6.07) is 12.9. The van der Waals surface area contributed by atoms with Crippen LogP contribution in [-0.4, -0.2) is 19.6 Å². The van der Waals surface area contributed by atoms with Crippen molar-refractivity contribution in [1.29, 1.82) is 0 Å². The van der Waals surface area contributed by atoms with Gasteiger partial charge in [-0.05, 0) is 46.3 Å². The normalized spacial score (nSPS) is 10.1. The van der Waals surface area contributed by atoms with Crippen molar-refractivity contribution in [3.8, 4) is 5.75 Å². The van der Waals surface area contributed by atoms with Crippen molar-refractivity contribution in [3.05, 3.63) is 52.0 Å². The van der Waals surface area contributed by atoms with Crippen molar-refractivity contribution in [2.75, 3.05) is 24.3 Å². The molecule has 0 atom stereocenters. The lowest BCUT2D eigenvalue weighted by Crippen LogP contribution is -2.16. The quantitative estimate of drug-likeness (QED) is 0.769. The molecule has 0 aromatic heterocycles. The topological polar surface area (TPSA) is 50.4 Å². The Bertz CT molecular complexity index is 664. The number of rotatable bonds is 6. The lowest BCUT2D eigenvalue weighted by molar-refractivity contribution is -0.115. The van der Waals surface area contributed by atoms with Crippen molar-refractivity contribution in [2.45, 2.75) is 6.42 Å². The first-order chi connectivity index (χ1) is 10.6. The molecule has 0 aliphatic carbocycles. The Hall–Kier alpha value is -1.72. The van der Waals surface area contributed by atoms with Gasteiger partial charge in [-0.3, -0.25) is 4.79 Å². The first-order valence-electron chi connectivity index (χ1n) is 6.72. The van der Waals surface area contributed by atoms with Gasteiger partial charge in [0.1, 0.15) is 5.75 Å². The molecule has 0 radical (unpaired) electrons. The molecule has 0 unspecified atom stereocenters. The third-order valence-corrected chi connectivity index (χ3v) is 3.96. The number of carbonyl (C=O) groups is 1. The number of ether oxygens (including phenoxy) is 1. The molecule has 22 heavy (non-hydrogen) atoms. The minimum absolute atomic E-state index is 0.0826. The van der Waals surface area contributed by atoms with Crippen LogP contribution in [0.4, 0.5) is 11.4 Å². The van der Waals surface area contributed by atoms with Crippen LogP contribution in [0.2, 0.25) is 5.02 Å². The second kappa shape index (κ2) is 8.06. The summed E-state index contributed by atoms with van der Waals surface area (Å²) in [5, 5.41) is 6.47. The molecule has 0 saturated carbocycles. The average Bonchev–Trinajstić information content (AvgIpc) is 2.49. The van der Waals surface area contributed by atoms with E-state index in [0.717, 1.165) is 10.2 Å². The number of hydrogen-bond donors (Lipinski definition) is 2. The van der Waals surface area contributed by atoms with Gasteiger partial charge in [0.05, 0.1) is 12.1 Å². The lowest BCUT2D eigenvalue weighted by Gasteiger charge is -2.10. The molecular weight excluding hydrogens is 368 g/mol. The molecule has 0 bridgehead atoms. The Morgan fingerprint density at radius 2 is 2.05 bits per heavy atom. The first-order valence-corrected chi connectivity index (χ1v) is 7.89. The van der Waals surface area contributed by atoms with E-state index in [1.807, 2.05) is 24.3 Å². The van der Waals surface area contributed by atoms with Crippen LogP contribution in [0.25, 0.3) is 0 Å². The predicted molar refractivity (Wildman–Crippen MR) is 93.9 cm³/mol. The van der Waals surface area contributed by atoms with Gasteiger partial charge < -0.3 is 15.4 Å². The second-order valence-corrected chi connectivity index (χ2v) is 5.82. The standard InChI is InChI=1S/C16H16BrClN2O2/c1-22-15-7-6-11(10-13(15)18)20-16(21)8-9-19-14-5-3-2-4-12(14)17/h2-7,10,19H,8-9H2,1H3,(H,20,21). The molecule has 4 nitrogen and oxygen atoms in total. The summed E-state index contributed by atoms with van der Waals surface area (Å²) in [4.78, 5) is 11.9.